The first kappa shape index (κ1) is 23.7. The Bertz CT molecular complexity index is 1030. The number of rotatable bonds is 7. The molecule has 2 saturated carbocycles. The number of thiazole rings is 1. The van der Waals surface area contributed by atoms with Gasteiger partial charge in [0, 0.05) is 12.6 Å². The van der Waals surface area contributed by atoms with Gasteiger partial charge in [0.25, 0.3) is 0 Å². The van der Waals surface area contributed by atoms with Crippen LogP contribution in [-0.2, 0) is 10.0 Å². The van der Waals surface area contributed by atoms with Gasteiger partial charge >= 0.3 is 0 Å². The van der Waals surface area contributed by atoms with Crippen molar-refractivity contribution < 1.29 is 8.42 Å². The number of aromatic nitrogens is 1. The minimum absolute atomic E-state index is 0.0255. The van der Waals surface area contributed by atoms with Crippen LogP contribution in [0.1, 0.15) is 76.0 Å². The Balaban J connectivity index is 1.52. The molecular formula is C25H37N3O2S2. The minimum atomic E-state index is -3.57. The number of benzene rings is 1. The van der Waals surface area contributed by atoms with E-state index in [1.165, 1.54) is 38.5 Å². The molecule has 1 aromatic carbocycles. The van der Waals surface area contributed by atoms with E-state index in [-0.39, 0.29) is 6.04 Å². The summed E-state index contributed by atoms with van der Waals surface area (Å²) in [6.07, 6.45) is 10.9. The molecule has 2 unspecified atom stereocenters. The summed E-state index contributed by atoms with van der Waals surface area (Å²) in [6, 6.07) is 5.79. The second-order valence-electron chi connectivity index (χ2n) is 9.79. The standard InChI is InChI=1S/C25H37N3O2S2/c1-17-9-7-8-12-22(17)28-32(29,30)23-15-21(14-13-18(23)2)24-19(3)27-25(31-24)26-16-20-10-5-4-6-11-20/h13-15,17,20,22,28H,4-12,16H2,1-3H3,(H,26,27). The molecule has 5 nitrogen and oxygen atoms in total. The fourth-order valence-corrected chi connectivity index (χ4v) is 7.77. The predicted octanol–water partition coefficient (Wildman–Crippen LogP) is 6.28. The van der Waals surface area contributed by atoms with Crippen molar-refractivity contribution >= 4 is 26.5 Å². The highest BCUT2D eigenvalue weighted by Gasteiger charge is 2.28. The Labute approximate surface area is 197 Å². The molecule has 2 aliphatic carbocycles. The van der Waals surface area contributed by atoms with Crippen LogP contribution in [0.3, 0.4) is 0 Å². The lowest BCUT2D eigenvalue weighted by Gasteiger charge is -2.29. The molecule has 0 aliphatic heterocycles. The third-order valence-corrected chi connectivity index (χ3v) is 10.0. The average molecular weight is 476 g/mol. The van der Waals surface area contributed by atoms with E-state index in [4.69, 9.17) is 4.98 Å². The van der Waals surface area contributed by atoms with Crippen molar-refractivity contribution in [3.63, 3.8) is 0 Å². The molecular weight excluding hydrogens is 438 g/mol. The van der Waals surface area contributed by atoms with E-state index in [0.717, 1.165) is 58.6 Å². The SMILES string of the molecule is Cc1ccc(-c2sc(NCC3CCCCC3)nc2C)cc1S(=O)(=O)NC1CCCCC1C. The molecule has 2 N–H and O–H groups in total. The number of anilines is 1. The van der Waals surface area contributed by atoms with E-state index in [1.54, 1.807) is 11.3 Å². The highest BCUT2D eigenvalue weighted by Crippen LogP contribution is 2.35. The van der Waals surface area contributed by atoms with Gasteiger partial charge in [-0.1, -0.05) is 62.5 Å². The summed E-state index contributed by atoms with van der Waals surface area (Å²) in [6.45, 7) is 7.01. The smallest absolute Gasteiger partial charge is 0.241 e. The van der Waals surface area contributed by atoms with E-state index >= 15 is 0 Å². The molecule has 1 aromatic heterocycles. The van der Waals surface area contributed by atoms with Crippen LogP contribution in [-0.4, -0.2) is 26.0 Å². The van der Waals surface area contributed by atoms with Gasteiger partial charge in [-0.05, 0) is 68.6 Å². The molecule has 0 amide bonds. The second kappa shape index (κ2) is 10.2. The van der Waals surface area contributed by atoms with Crippen molar-refractivity contribution in [2.75, 3.05) is 11.9 Å². The Morgan fingerprint density at radius 3 is 2.50 bits per heavy atom. The van der Waals surface area contributed by atoms with Gasteiger partial charge in [-0.2, -0.15) is 0 Å². The number of hydrogen-bond acceptors (Lipinski definition) is 5. The number of nitrogens with one attached hydrogen (secondary N) is 2. The van der Waals surface area contributed by atoms with Crippen LogP contribution < -0.4 is 10.0 Å². The van der Waals surface area contributed by atoms with Crippen molar-refractivity contribution in [1.29, 1.82) is 0 Å². The molecule has 2 aliphatic rings. The van der Waals surface area contributed by atoms with Crippen molar-refractivity contribution in [2.24, 2.45) is 11.8 Å². The van der Waals surface area contributed by atoms with Crippen LogP contribution in [0.2, 0.25) is 0 Å². The lowest BCUT2D eigenvalue weighted by molar-refractivity contribution is 0.310. The first-order chi connectivity index (χ1) is 15.3. The molecule has 176 valence electrons. The molecule has 7 heteroatoms. The third kappa shape index (κ3) is 5.54. The number of aryl methyl sites for hydroxylation is 2. The quantitative estimate of drug-likeness (QED) is 0.495. The second-order valence-corrected chi connectivity index (χ2v) is 12.5. The molecule has 2 aromatic rings. The maximum Gasteiger partial charge on any atom is 0.241 e. The largest absolute Gasteiger partial charge is 0.361 e. The maximum atomic E-state index is 13.3. The minimum Gasteiger partial charge on any atom is -0.361 e. The summed E-state index contributed by atoms with van der Waals surface area (Å²) in [5.41, 5.74) is 2.65. The molecule has 32 heavy (non-hydrogen) atoms. The van der Waals surface area contributed by atoms with Gasteiger partial charge in [0.2, 0.25) is 10.0 Å². The fourth-order valence-electron chi connectivity index (χ4n) is 5.15. The first-order valence-corrected chi connectivity index (χ1v) is 14.5. The maximum absolute atomic E-state index is 13.3. The molecule has 0 radical (unpaired) electrons. The van der Waals surface area contributed by atoms with Gasteiger partial charge in [-0.3, -0.25) is 0 Å². The summed E-state index contributed by atoms with van der Waals surface area (Å²) in [4.78, 5) is 6.16. The zero-order chi connectivity index (χ0) is 22.7. The average Bonchev–Trinajstić information content (AvgIpc) is 3.15. The summed E-state index contributed by atoms with van der Waals surface area (Å²) in [5, 5.41) is 4.47. The van der Waals surface area contributed by atoms with Gasteiger partial charge in [0.15, 0.2) is 5.13 Å². The number of nitrogens with zero attached hydrogens (tertiary/aromatic N) is 1. The molecule has 0 bridgehead atoms. The van der Waals surface area contributed by atoms with E-state index in [0.29, 0.717) is 10.8 Å². The Kier molecular flexibility index (Phi) is 7.58. The van der Waals surface area contributed by atoms with E-state index in [9.17, 15) is 8.42 Å². The Morgan fingerprint density at radius 1 is 1.03 bits per heavy atom. The van der Waals surface area contributed by atoms with Crippen LogP contribution in [0.5, 0.6) is 0 Å². The van der Waals surface area contributed by atoms with Gasteiger partial charge in [0.05, 0.1) is 15.5 Å². The predicted molar refractivity (Wildman–Crippen MR) is 134 cm³/mol. The first-order valence-electron chi connectivity index (χ1n) is 12.2. The summed E-state index contributed by atoms with van der Waals surface area (Å²) in [7, 11) is -3.57. The molecule has 4 rings (SSSR count). The summed E-state index contributed by atoms with van der Waals surface area (Å²) >= 11 is 1.62. The molecule has 2 fully saturated rings. The van der Waals surface area contributed by atoms with Crippen LogP contribution in [0.25, 0.3) is 10.4 Å². The number of hydrogen-bond donors (Lipinski definition) is 2. The van der Waals surface area contributed by atoms with Crippen molar-refractivity contribution in [1.82, 2.24) is 9.71 Å². The van der Waals surface area contributed by atoms with Crippen molar-refractivity contribution in [3.8, 4) is 10.4 Å². The monoisotopic (exact) mass is 475 g/mol. The highest BCUT2D eigenvalue weighted by molar-refractivity contribution is 7.89. The van der Waals surface area contributed by atoms with E-state index in [1.807, 2.05) is 32.0 Å². The van der Waals surface area contributed by atoms with Gasteiger partial charge < -0.3 is 5.32 Å². The molecule has 2 atom stereocenters. The lowest BCUT2D eigenvalue weighted by atomic mass is 9.87. The van der Waals surface area contributed by atoms with Crippen LogP contribution in [0.15, 0.2) is 23.1 Å². The molecule has 0 spiro atoms. The number of sulfonamides is 1. The lowest BCUT2D eigenvalue weighted by Crippen LogP contribution is -2.41. The van der Waals surface area contributed by atoms with Gasteiger partial charge in [-0.25, -0.2) is 18.1 Å². The molecule has 0 saturated heterocycles. The Hall–Kier alpha value is -1.44. The van der Waals surface area contributed by atoms with Crippen LogP contribution in [0.4, 0.5) is 5.13 Å². The Morgan fingerprint density at radius 2 is 1.75 bits per heavy atom. The van der Waals surface area contributed by atoms with Crippen LogP contribution >= 0.6 is 11.3 Å². The molecule has 1 heterocycles. The van der Waals surface area contributed by atoms with Gasteiger partial charge in [-0.15, -0.1) is 0 Å². The zero-order valence-electron chi connectivity index (χ0n) is 19.6. The fraction of sp³-hybridized carbons (Fsp3) is 0.640. The van der Waals surface area contributed by atoms with Gasteiger partial charge in [0.1, 0.15) is 0 Å². The van der Waals surface area contributed by atoms with Crippen molar-refractivity contribution in [2.45, 2.75) is 89.5 Å². The summed E-state index contributed by atoms with van der Waals surface area (Å²) in [5.74, 6) is 1.12. The normalized spacial score (nSPS) is 22.7. The van der Waals surface area contributed by atoms with Crippen LogP contribution in [0, 0.1) is 25.7 Å². The third-order valence-electron chi connectivity index (χ3n) is 7.22. The van der Waals surface area contributed by atoms with E-state index < -0.39 is 10.0 Å². The zero-order valence-corrected chi connectivity index (χ0v) is 21.2. The van der Waals surface area contributed by atoms with Crippen molar-refractivity contribution in [3.05, 3.63) is 29.5 Å². The summed E-state index contributed by atoms with van der Waals surface area (Å²) < 4.78 is 29.6. The van der Waals surface area contributed by atoms with E-state index in [2.05, 4.69) is 17.0 Å². The topological polar surface area (TPSA) is 71.1 Å². The highest BCUT2D eigenvalue weighted by atomic mass is 32.2.